The topological polar surface area (TPSA) is 12.0 Å². The van der Waals surface area contributed by atoms with Crippen LogP contribution in [0.4, 0.5) is 13.2 Å². The SMILES string of the molecule is CCNC(CCCC(F)(F)F)CCc1cccc(C)c1. The molecule has 0 spiro atoms. The van der Waals surface area contributed by atoms with E-state index in [0.717, 1.165) is 19.4 Å². The Bertz CT molecular complexity index is 388. The fraction of sp³-hybridized carbons (Fsp3) is 0.625. The van der Waals surface area contributed by atoms with Gasteiger partial charge in [0.15, 0.2) is 0 Å². The summed E-state index contributed by atoms with van der Waals surface area (Å²) in [6, 6.07) is 8.46. The summed E-state index contributed by atoms with van der Waals surface area (Å²) in [5.74, 6) is 0. The van der Waals surface area contributed by atoms with Gasteiger partial charge in [-0.1, -0.05) is 36.8 Å². The van der Waals surface area contributed by atoms with Gasteiger partial charge < -0.3 is 5.32 Å². The molecule has 0 radical (unpaired) electrons. The molecule has 0 aliphatic heterocycles. The van der Waals surface area contributed by atoms with Gasteiger partial charge in [0.05, 0.1) is 0 Å². The van der Waals surface area contributed by atoms with E-state index in [2.05, 4.69) is 30.4 Å². The Labute approximate surface area is 119 Å². The Kier molecular flexibility index (Phi) is 7.06. The summed E-state index contributed by atoms with van der Waals surface area (Å²) in [7, 11) is 0. The molecule has 0 fully saturated rings. The van der Waals surface area contributed by atoms with Gasteiger partial charge in [0.1, 0.15) is 0 Å². The van der Waals surface area contributed by atoms with Crippen LogP contribution >= 0.6 is 0 Å². The minimum absolute atomic E-state index is 0.169. The molecule has 0 amide bonds. The summed E-state index contributed by atoms with van der Waals surface area (Å²) in [6.07, 6.45) is -2.14. The Morgan fingerprint density at radius 2 is 1.95 bits per heavy atom. The maximum absolute atomic E-state index is 12.2. The predicted molar refractivity (Wildman–Crippen MR) is 76.9 cm³/mol. The summed E-state index contributed by atoms with van der Waals surface area (Å²) in [5, 5.41) is 3.29. The molecule has 114 valence electrons. The van der Waals surface area contributed by atoms with E-state index < -0.39 is 12.6 Å². The van der Waals surface area contributed by atoms with Crippen LogP contribution in [0.2, 0.25) is 0 Å². The molecule has 0 bridgehead atoms. The summed E-state index contributed by atoms with van der Waals surface area (Å²) in [5.41, 5.74) is 2.48. The number of nitrogens with one attached hydrogen (secondary N) is 1. The maximum Gasteiger partial charge on any atom is 0.389 e. The monoisotopic (exact) mass is 287 g/mol. The molecule has 1 unspecified atom stereocenters. The van der Waals surface area contributed by atoms with E-state index in [4.69, 9.17) is 0 Å². The standard InChI is InChI=1S/C16H24F3N/c1-3-20-15(8-5-11-16(17,18)19)10-9-14-7-4-6-13(2)12-14/h4,6-7,12,15,20H,3,5,8-11H2,1-2H3. The Hall–Kier alpha value is -1.03. The van der Waals surface area contributed by atoms with Crippen LogP contribution in [0.25, 0.3) is 0 Å². The number of hydrogen-bond acceptors (Lipinski definition) is 1. The lowest BCUT2D eigenvalue weighted by molar-refractivity contribution is -0.135. The van der Waals surface area contributed by atoms with E-state index in [9.17, 15) is 13.2 Å². The van der Waals surface area contributed by atoms with Crippen molar-refractivity contribution in [1.82, 2.24) is 5.32 Å². The highest BCUT2D eigenvalue weighted by atomic mass is 19.4. The molecule has 0 saturated carbocycles. The zero-order valence-electron chi connectivity index (χ0n) is 12.3. The molecule has 1 atom stereocenters. The van der Waals surface area contributed by atoms with Crippen LogP contribution in [0.15, 0.2) is 24.3 Å². The molecule has 1 rings (SSSR count). The fourth-order valence-corrected chi connectivity index (χ4v) is 2.39. The average molecular weight is 287 g/mol. The lowest BCUT2D eigenvalue weighted by Crippen LogP contribution is -2.29. The lowest BCUT2D eigenvalue weighted by Gasteiger charge is -2.18. The minimum atomic E-state index is -4.03. The average Bonchev–Trinajstić information content (AvgIpc) is 2.34. The van der Waals surface area contributed by atoms with Crippen molar-refractivity contribution >= 4 is 0 Å². The van der Waals surface area contributed by atoms with Crippen molar-refractivity contribution in [2.24, 2.45) is 0 Å². The molecule has 1 nitrogen and oxygen atoms in total. The third-order valence-electron chi connectivity index (χ3n) is 3.37. The first kappa shape index (κ1) is 17.0. The maximum atomic E-state index is 12.2. The molecule has 0 heterocycles. The molecular formula is C16H24F3N. The highest BCUT2D eigenvalue weighted by Crippen LogP contribution is 2.23. The van der Waals surface area contributed by atoms with E-state index in [0.29, 0.717) is 6.42 Å². The van der Waals surface area contributed by atoms with Gasteiger partial charge in [-0.15, -0.1) is 0 Å². The Morgan fingerprint density at radius 3 is 2.55 bits per heavy atom. The molecule has 4 heteroatoms. The number of halogens is 3. The highest BCUT2D eigenvalue weighted by Gasteiger charge is 2.26. The van der Waals surface area contributed by atoms with Gasteiger partial charge >= 0.3 is 6.18 Å². The van der Waals surface area contributed by atoms with E-state index in [1.807, 2.05) is 13.0 Å². The summed E-state index contributed by atoms with van der Waals surface area (Å²) in [4.78, 5) is 0. The van der Waals surface area contributed by atoms with Crippen LogP contribution in [0.5, 0.6) is 0 Å². The van der Waals surface area contributed by atoms with Crippen LogP contribution in [0, 0.1) is 6.92 Å². The van der Waals surface area contributed by atoms with Crippen LogP contribution in [-0.4, -0.2) is 18.8 Å². The Balaban J connectivity index is 2.38. The number of aryl methyl sites for hydroxylation is 2. The summed E-state index contributed by atoms with van der Waals surface area (Å²) in [6.45, 7) is 4.84. The smallest absolute Gasteiger partial charge is 0.314 e. The number of benzene rings is 1. The first-order chi connectivity index (χ1) is 9.40. The quantitative estimate of drug-likeness (QED) is 0.734. The van der Waals surface area contributed by atoms with E-state index >= 15 is 0 Å². The normalized spacial score (nSPS) is 13.4. The van der Waals surface area contributed by atoms with E-state index in [-0.39, 0.29) is 12.5 Å². The van der Waals surface area contributed by atoms with Gasteiger partial charge in [0.2, 0.25) is 0 Å². The molecule has 1 N–H and O–H groups in total. The molecule has 0 aliphatic rings. The van der Waals surface area contributed by atoms with Crippen LogP contribution in [-0.2, 0) is 6.42 Å². The second kappa shape index (κ2) is 8.30. The van der Waals surface area contributed by atoms with Crippen molar-refractivity contribution in [2.75, 3.05) is 6.54 Å². The van der Waals surface area contributed by atoms with Crippen LogP contribution < -0.4 is 5.32 Å². The van der Waals surface area contributed by atoms with Gasteiger partial charge in [-0.3, -0.25) is 0 Å². The van der Waals surface area contributed by atoms with E-state index in [1.54, 1.807) is 0 Å². The second-order valence-corrected chi connectivity index (χ2v) is 5.29. The highest BCUT2D eigenvalue weighted by molar-refractivity contribution is 5.22. The largest absolute Gasteiger partial charge is 0.389 e. The third kappa shape index (κ3) is 7.53. The van der Waals surface area contributed by atoms with Gasteiger partial charge in [0.25, 0.3) is 0 Å². The minimum Gasteiger partial charge on any atom is -0.314 e. The molecular weight excluding hydrogens is 263 g/mol. The van der Waals surface area contributed by atoms with Crippen molar-refractivity contribution in [3.05, 3.63) is 35.4 Å². The molecule has 20 heavy (non-hydrogen) atoms. The fourth-order valence-electron chi connectivity index (χ4n) is 2.39. The van der Waals surface area contributed by atoms with Crippen molar-refractivity contribution in [2.45, 2.75) is 58.2 Å². The second-order valence-electron chi connectivity index (χ2n) is 5.29. The first-order valence-electron chi connectivity index (χ1n) is 7.26. The number of alkyl halides is 3. The van der Waals surface area contributed by atoms with Crippen molar-refractivity contribution in [3.63, 3.8) is 0 Å². The van der Waals surface area contributed by atoms with E-state index in [1.165, 1.54) is 11.1 Å². The van der Waals surface area contributed by atoms with Crippen LogP contribution in [0.1, 0.15) is 43.7 Å². The first-order valence-corrected chi connectivity index (χ1v) is 7.26. The van der Waals surface area contributed by atoms with Gasteiger partial charge in [-0.05, 0) is 44.7 Å². The van der Waals surface area contributed by atoms with Gasteiger partial charge in [-0.2, -0.15) is 13.2 Å². The zero-order chi connectivity index (χ0) is 15.0. The Morgan fingerprint density at radius 1 is 1.20 bits per heavy atom. The predicted octanol–water partition coefficient (Wildman–Crippen LogP) is 4.64. The third-order valence-corrected chi connectivity index (χ3v) is 3.37. The van der Waals surface area contributed by atoms with Crippen LogP contribution in [0.3, 0.4) is 0 Å². The molecule has 0 aromatic heterocycles. The molecule has 1 aromatic rings. The number of hydrogen-bond donors (Lipinski definition) is 1. The number of rotatable bonds is 8. The van der Waals surface area contributed by atoms with Crippen molar-refractivity contribution in [3.8, 4) is 0 Å². The molecule has 0 saturated heterocycles. The summed E-state index contributed by atoms with van der Waals surface area (Å²) >= 11 is 0. The molecule has 0 aliphatic carbocycles. The zero-order valence-corrected chi connectivity index (χ0v) is 12.3. The molecule has 1 aromatic carbocycles. The lowest BCUT2D eigenvalue weighted by atomic mass is 10.00. The van der Waals surface area contributed by atoms with Crippen molar-refractivity contribution < 1.29 is 13.2 Å². The van der Waals surface area contributed by atoms with Gasteiger partial charge in [0, 0.05) is 12.5 Å². The van der Waals surface area contributed by atoms with Gasteiger partial charge in [-0.25, -0.2) is 0 Å². The van der Waals surface area contributed by atoms with Crippen molar-refractivity contribution in [1.29, 1.82) is 0 Å². The summed E-state index contributed by atoms with van der Waals surface area (Å²) < 4.78 is 36.5.